The second-order valence-electron chi connectivity index (χ2n) is 4.93. The van der Waals surface area contributed by atoms with Crippen LogP contribution in [0.2, 0.25) is 0 Å². The van der Waals surface area contributed by atoms with Crippen molar-refractivity contribution in [3.05, 3.63) is 58.7 Å². The minimum absolute atomic E-state index is 1.09. The third kappa shape index (κ3) is 2.20. The van der Waals surface area contributed by atoms with Crippen LogP contribution in [0.15, 0.2) is 36.4 Å². The molecule has 2 aromatic rings. The largest absolute Gasteiger partial charge is 0.0617 e. The molecule has 0 bridgehead atoms. The van der Waals surface area contributed by atoms with E-state index in [1.165, 1.54) is 33.4 Å². The Bertz CT molecular complexity index is 507. The maximum absolute atomic E-state index is 2.26. The summed E-state index contributed by atoms with van der Waals surface area (Å²) < 4.78 is 0. The molecule has 0 heterocycles. The molecule has 2 rings (SSSR count). The Labute approximate surface area is 111 Å². The molecule has 0 atom stereocenters. The normalized spacial score (nSPS) is 10.7. The summed E-state index contributed by atoms with van der Waals surface area (Å²) in [6.45, 7) is 8.92. The van der Waals surface area contributed by atoms with Gasteiger partial charge in [-0.1, -0.05) is 50.2 Å². The minimum Gasteiger partial charge on any atom is -0.0617 e. The molecule has 18 heavy (non-hydrogen) atoms. The molecular weight excluding hydrogens is 216 g/mol. The molecule has 0 aromatic heterocycles. The summed E-state index contributed by atoms with van der Waals surface area (Å²) in [5.41, 5.74) is 8.60. The molecule has 0 saturated carbocycles. The molecule has 0 N–H and O–H groups in total. The predicted molar refractivity (Wildman–Crippen MR) is 80.1 cm³/mol. The van der Waals surface area contributed by atoms with Gasteiger partial charge in [-0.3, -0.25) is 0 Å². The summed E-state index contributed by atoms with van der Waals surface area (Å²) in [4.78, 5) is 0. The van der Waals surface area contributed by atoms with Gasteiger partial charge < -0.3 is 0 Å². The van der Waals surface area contributed by atoms with Gasteiger partial charge in [0.05, 0.1) is 0 Å². The van der Waals surface area contributed by atoms with Gasteiger partial charge in [-0.15, -0.1) is 0 Å². The van der Waals surface area contributed by atoms with E-state index in [1.807, 2.05) is 0 Å². The highest BCUT2D eigenvalue weighted by Crippen LogP contribution is 2.33. The van der Waals surface area contributed by atoms with Crippen molar-refractivity contribution in [2.24, 2.45) is 0 Å². The van der Waals surface area contributed by atoms with Crippen molar-refractivity contribution in [3.8, 4) is 11.1 Å². The fourth-order valence-electron chi connectivity index (χ4n) is 2.77. The summed E-state index contributed by atoms with van der Waals surface area (Å²) in [7, 11) is 0. The monoisotopic (exact) mass is 238 g/mol. The van der Waals surface area contributed by atoms with Crippen molar-refractivity contribution in [3.63, 3.8) is 0 Å². The van der Waals surface area contributed by atoms with E-state index in [0.717, 1.165) is 12.8 Å². The highest BCUT2D eigenvalue weighted by atomic mass is 14.2. The van der Waals surface area contributed by atoms with Crippen molar-refractivity contribution >= 4 is 0 Å². The Balaban J connectivity index is 2.77. The molecule has 0 amide bonds. The number of hydrogen-bond donors (Lipinski definition) is 0. The van der Waals surface area contributed by atoms with Gasteiger partial charge >= 0.3 is 0 Å². The molecule has 0 saturated heterocycles. The zero-order valence-corrected chi connectivity index (χ0v) is 11.9. The lowest BCUT2D eigenvalue weighted by Gasteiger charge is -2.17. The van der Waals surface area contributed by atoms with Gasteiger partial charge in [-0.25, -0.2) is 0 Å². The number of hydrogen-bond acceptors (Lipinski definition) is 0. The Morgan fingerprint density at radius 1 is 0.667 bits per heavy atom. The molecule has 0 radical (unpaired) electrons. The van der Waals surface area contributed by atoms with E-state index in [2.05, 4.69) is 64.1 Å². The standard InChI is InChI=1S/C18H22/c1-5-15-11-8-12-16(6-2)18(15)17-13(3)9-7-10-14(17)4/h7-12H,5-6H2,1-4H3. The van der Waals surface area contributed by atoms with E-state index < -0.39 is 0 Å². The first-order valence-corrected chi connectivity index (χ1v) is 6.86. The number of benzene rings is 2. The van der Waals surface area contributed by atoms with Crippen LogP contribution >= 0.6 is 0 Å². The van der Waals surface area contributed by atoms with E-state index in [4.69, 9.17) is 0 Å². The second kappa shape index (κ2) is 5.39. The van der Waals surface area contributed by atoms with Crippen LogP contribution in [0.1, 0.15) is 36.1 Å². The summed E-state index contributed by atoms with van der Waals surface area (Å²) in [5, 5.41) is 0. The molecule has 0 spiro atoms. The van der Waals surface area contributed by atoms with Crippen molar-refractivity contribution in [2.75, 3.05) is 0 Å². The van der Waals surface area contributed by atoms with Gasteiger partial charge in [-0.05, 0) is 60.1 Å². The SMILES string of the molecule is CCc1cccc(CC)c1-c1c(C)cccc1C. The molecule has 0 nitrogen and oxygen atoms in total. The van der Waals surface area contributed by atoms with Crippen LogP contribution in [-0.2, 0) is 12.8 Å². The van der Waals surface area contributed by atoms with Gasteiger partial charge in [-0.2, -0.15) is 0 Å². The molecule has 94 valence electrons. The first kappa shape index (κ1) is 12.9. The van der Waals surface area contributed by atoms with Crippen molar-refractivity contribution in [2.45, 2.75) is 40.5 Å². The van der Waals surface area contributed by atoms with Crippen LogP contribution in [0.4, 0.5) is 0 Å². The Morgan fingerprint density at radius 2 is 1.11 bits per heavy atom. The van der Waals surface area contributed by atoms with E-state index in [9.17, 15) is 0 Å². The molecule has 0 heteroatoms. The van der Waals surface area contributed by atoms with Crippen LogP contribution < -0.4 is 0 Å². The van der Waals surface area contributed by atoms with Crippen LogP contribution in [-0.4, -0.2) is 0 Å². The Kier molecular flexibility index (Phi) is 3.86. The van der Waals surface area contributed by atoms with Crippen LogP contribution in [0.3, 0.4) is 0 Å². The van der Waals surface area contributed by atoms with Gasteiger partial charge in [0.2, 0.25) is 0 Å². The summed E-state index contributed by atoms with van der Waals surface area (Å²) >= 11 is 0. The van der Waals surface area contributed by atoms with E-state index in [1.54, 1.807) is 0 Å². The first-order valence-electron chi connectivity index (χ1n) is 6.86. The van der Waals surface area contributed by atoms with Gasteiger partial charge in [0.15, 0.2) is 0 Å². The summed E-state index contributed by atoms with van der Waals surface area (Å²) in [6.07, 6.45) is 2.19. The van der Waals surface area contributed by atoms with Gasteiger partial charge in [0.25, 0.3) is 0 Å². The Morgan fingerprint density at radius 3 is 1.56 bits per heavy atom. The second-order valence-corrected chi connectivity index (χ2v) is 4.93. The molecular formula is C18H22. The van der Waals surface area contributed by atoms with E-state index in [0.29, 0.717) is 0 Å². The third-order valence-corrected chi connectivity index (χ3v) is 3.73. The summed E-state index contributed by atoms with van der Waals surface area (Å²) in [6, 6.07) is 13.3. The zero-order chi connectivity index (χ0) is 13.1. The fraction of sp³-hybridized carbons (Fsp3) is 0.333. The smallest absolute Gasteiger partial charge is 0.0115 e. The maximum Gasteiger partial charge on any atom is -0.0115 e. The van der Waals surface area contributed by atoms with Crippen molar-refractivity contribution < 1.29 is 0 Å². The van der Waals surface area contributed by atoms with Crippen LogP contribution in [0.25, 0.3) is 11.1 Å². The van der Waals surface area contributed by atoms with Gasteiger partial charge in [0, 0.05) is 0 Å². The fourth-order valence-corrected chi connectivity index (χ4v) is 2.77. The minimum atomic E-state index is 1.09. The van der Waals surface area contributed by atoms with E-state index in [-0.39, 0.29) is 0 Å². The quantitative estimate of drug-likeness (QED) is 0.698. The van der Waals surface area contributed by atoms with Crippen LogP contribution in [0, 0.1) is 13.8 Å². The maximum atomic E-state index is 2.26. The predicted octanol–water partition coefficient (Wildman–Crippen LogP) is 5.10. The topological polar surface area (TPSA) is 0 Å². The first-order chi connectivity index (χ1) is 8.69. The van der Waals surface area contributed by atoms with E-state index >= 15 is 0 Å². The lowest BCUT2D eigenvalue weighted by atomic mass is 9.87. The molecule has 0 aliphatic rings. The molecule has 0 fully saturated rings. The van der Waals surface area contributed by atoms with Gasteiger partial charge in [0.1, 0.15) is 0 Å². The third-order valence-electron chi connectivity index (χ3n) is 3.73. The number of rotatable bonds is 3. The van der Waals surface area contributed by atoms with Crippen molar-refractivity contribution in [1.82, 2.24) is 0 Å². The molecule has 2 aromatic carbocycles. The average Bonchev–Trinajstić information content (AvgIpc) is 2.38. The average molecular weight is 238 g/mol. The highest BCUT2D eigenvalue weighted by Gasteiger charge is 2.12. The Hall–Kier alpha value is -1.56. The molecule has 0 aliphatic heterocycles. The molecule has 0 unspecified atom stereocenters. The highest BCUT2D eigenvalue weighted by molar-refractivity contribution is 5.76. The summed E-state index contributed by atoms with van der Waals surface area (Å²) in [5.74, 6) is 0. The zero-order valence-electron chi connectivity index (χ0n) is 11.9. The van der Waals surface area contributed by atoms with Crippen LogP contribution in [0.5, 0.6) is 0 Å². The number of aryl methyl sites for hydroxylation is 4. The molecule has 0 aliphatic carbocycles. The van der Waals surface area contributed by atoms with Crippen molar-refractivity contribution in [1.29, 1.82) is 0 Å². The lowest BCUT2D eigenvalue weighted by molar-refractivity contribution is 1.09. The lowest BCUT2D eigenvalue weighted by Crippen LogP contribution is -1.97.